The number of esters is 3. The van der Waals surface area contributed by atoms with Crippen molar-refractivity contribution in [3.8, 4) is 0 Å². The summed E-state index contributed by atoms with van der Waals surface area (Å²) in [6.07, 6.45) is 102. The van der Waals surface area contributed by atoms with Gasteiger partial charge in [0.25, 0.3) is 0 Å². The Kier molecular flexibility index (Phi) is 64.9. The smallest absolute Gasteiger partial charge is 0.306 e. The fourth-order valence-corrected chi connectivity index (χ4v) is 8.74. The molecule has 1 unspecified atom stereocenters. The van der Waals surface area contributed by atoms with Crippen molar-refractivity contribution in [2.24, 2.45) is 0 Å². The van der Waals surface area contributed by atoms with Gasteiger partial charge in [-0.1, -0.05) is 287 Å². The normalized spacial score (nSPS) is 13.2. The summed E-state index contributed by atoms with van der Waals surface area (Å²) in [7, 11) is 0. The van der Waals surface area contributed by atoms with Gasteiger partial charge < -0.3 is 14.2 Å². The molecule has 466 valence electrons. The maximum Gasteiger partial charge on any atom is 0.306 e. The number of carbonyl (C=O) groups is 3. The van der Waals surface area contributed by atoms with Gasteiger partial charge in [0, 0.05) is 19.3 Å². The fraction of sp³-hybridized carbons (Fsp3) is 0.597. The highest BCUT2D eigenvalue weighted by molar-refractivity contribution is 5.71. The van der Waals surface area contributed by atoms with Crippen LogP contribution in [0.15, 0.2) is 170 Å². The molecule has 0 saturated carbocycles. The molecule has 0 spiro atoms. The van der Waals surface area contributed by atoms with Crippen LogP contribution in [0.25, 0.3) is 0 Å². The SMILES string of the molecule is CC/C=C\C/C=C\C/C=C\C/C=C\C/C=C\C/C=C\CCC(=O)OCC(COC(=O)CCCCCCCCCCCC/C=C\C/C=C\C/C=C\CCCCCCC)OC(=O)CCCCCCC/C=C\C/C=C\C/C=C\C/C=C\C/C=C\CC. The first-order valence-corrected chi connectivity index (χ1v) is 33.6. The number of rotatable bonds is 59. The van der Waals surface area contributed by atoms with Gasteiger partial charge >= 0.3 is 17.9 Å². The molecule has 6 nitrogen and oxygen atoms in total. The Morgan fingerprint density at radius 1 is 0.253 bits per heavy atom. The van der Waals surface area contributed by atoms with Crippen molar-refractivity contribution < 1.29 is 28.6 Å². The van der Waals surface area contributed by atoms with Gasteiger partial charge in [-0.05, 0) is 141 Å². The molecule has 0 N–H and O–H groups in total. The minimum Gasteiger partial charge on any atom is -0.462 e. The minimum atomic E-state index is -0.833. The van der Waals surface area contributed by atoms with Crippen molar-refractivity contribution in [1.29, 1.82) is 0 Å². The van der Waals surface area contributed by atoms with Crippen LogP contribution in [0, 0.1) is 0 Å². The molecule has 0 aromatic carbocycles. The molecule has 1 atom stereocenters. The third kappa shape index (κ3) is 67.4. The van der Waals surface area contributed by atoms with Gasteiger partial charge in [0.05, 0.1) is 0 Å². The lowest BCUT2D eigenvalue weighted by molar-refractivity contribution is -0.166. The molecule has 0 aliphatic rings. The average Bonchev–Trinajstić information content (AvgIpc) is 3.49. The predicted octanol–water partition coefficient (Wildman–Crippen LogP) is 23.4. The van der Waals surface area contributed by atoms with Crippen LogP contribution < -0.4 is 0 Å². The van der Waals surface area contributed by atoms with Gasteiger partial charge in [0.1, 0.15) is 13.2 Å². The number of allylic oxidation sites excluding steroid dienone is 28. The van der Waals surface area contributed by atoms with Crippen LogP contribution in [0.3, 0.4) is 0 Å². The standard InChI is InChI=1S/C77H122O6/c1-4-7-10-13-16-19-22-25-28-31-34-36-37-38-39-41-43-46-49-52-55-58-61-64-67-70-76(79)82-73-74(72-81-75(78)69-66-63-60-57-54-51-48-45-42-33-30-27-24-21-18-15-12-9-6-3)83-77(80)71-68-65-62-59-56-53-50-47-44-40-35-32-29-26-23-20-17-14-11-8-5-2/h8-9,11-12,17-18,20-22,25-27,29-31,34-35,37-38,40,42,45,47,50-51,54,60,63,74H,4-7,10,13-16,19,23-24,28,32-33,36,39,41,43-44,46,48-49,52-53,55-59,61-62,64-73H2,1-3H3/b11-8-,12-9-,20-17-,21-18-,25-22-,29-26-,30-27-,34-31-,38-37-,40-35-,45-42-,50-47-,54-51-,63-60-. The van der Waals surface area contributed by atoms with Crippen molar-refractivity contribution in [2.75, 3.05) is 13.2 Å². The molecule has 83 heavy (non-hydrogen) atoms. The topological polar surface area (TPSA) is 78.9 Å². The van der Waals surface area contributed by atoms with E-state index in [1.54, 1.807) is 0 Å². The molecule has 0 rings (SSSR count). The molecular weight excluding hydrogens is 1020 g/mol. The van der Waals surface area contributed by atoms with E-state index in [2.05, 4.69) is 185 Å². The van der Waals surface area contributed by atoms with Crippen LogP contribution in [0.2, 0.25) is 0 Å². The molecule has 0 aromatic heterocycles. The van der Waals surface area contributed by atoms with Gasteiger partial charge in [0.15, 0.2) is 6.10 Å². The van der Waals surface area contributed by atoms with E-state index in [-0.39, 0.29) is 44.0 Å². The summed E-state index contributed by atoms with van der Waals surface area (Å²) in [4.78, 5) is 38.4. The zero-order valence-electron chi connectivity index (χ0n) is 53.4. The number of ether oxygens (including phenoxy) is 3. The highest BCUT2D eigenvalue weighted by Gasteiger charge is 2.19. The van der Waals surface area contributed by atoms with E-state index >= 15 is 0 Å². The van der Waals surface area contributed by atoms with Crippen LogP contribution in [-0.4, -0.2) is 37.2 Å². The second-order valence-corrected chi connectivity index (χ2v) is 21.6. The van der Waals surface area contributed by atoms with Gasteiger partial charge in [-0.25, -0.2) is 0 Å². The quantitative estimate of drug-likeness (QED) is 0.0261. The number of carbonyl (C=O) groups excluding carboxylic acids is 3. The van der Waals surface area contributed by atoms with Gasteiger partial charge in [0.2, 0.25) is 0 Å². The van der Waals surface area contributed by atoms with E-state index in [0.29, 0.717) is 12.8 Å². The molecule has 0 amide bonds. The minimum absolute atomic E-state index is 0.119. The first kappa shape index (κ1) is 77.8. The zero-order valence-corrected chi connectivity index (χ0v) is 53.4. The molecule has 0 aliphatic heterocycles. The summed E-state index contributed by atoms with van der Waals surface area (Å²) in [5.74, 6) is -1.03. The maximum atomic E-state index is 12.9. The molecule has 0 aliphatic carbocycles. The Morgan fingerprint density at radius 2 is 0.494 bits per heavy atom. The van der Waals surface area contributed by atoms with Crippen molar-refractivity contribution in [3.05, 3.63) is 170 Å². The summed E-state index contributed by atoms with van der Waals surface area (Å²) in [5.41, 5.74) is 0. The van der Waals surface area contributed by atoms with Crippen molar-refractivity contribution >= 4 is 17.9 Å². The van der Waals surface area contributed by atoms with Gasteiger partial charge in [-0.15, -0.1) is 0 Å². The molecule has 0 radical (unpaired) electrons. The fourth-order valence-electron chi connectivity index (χ4n) is 8.74. The average molecular weight is 1140 g/mol. The molecule has 0 bridgehead atoms. The van der Waals surface area contributed by atoms with E-state index in [1.807, 2.05) is 6.08 Å². The largest absolute Gasteiger partial charge is 0.462 e. The van der Waals surface area contributed by atoms with Crippen LogP contribution in [0.4, 0.5) is 0 Å². The second kappa shape index (κ2) is 69.3. The summed E-state index contributed by atoms with van der Waals surface area (Å²) in [6.45, 7) is 6.32. The summed E-state index contributed by atoms with van der Waals surface area (Å²) >= 11 is 0. The van der Waals surface area contributed by atoms with E-state index in [9.17, 15) is 14.4 Å². The summed E-state index contributed by atoms with van der Waals surface area (Å²) in [5, 5.41) is 0. The third-order valence-electron chi connectivity index (χ3n) is 13.7. The van der Waals surface area contributed by atoms with Gasteiger partial charge in [-0.2, -0.15) is 0 Å². The Labute approximate surface area is 511 Å². The third-order valence-corrected chi connectivity index (χ3v) is 13.7. The Morgan fingerprint density at radius 3 is 0.807 bits per heavy atom. The number of hydrogen-bond acceptors (Lipinski definition) is 6. The zero-order chi connectivity index (χ0) is 59.9. The maximum absolute atomic E-state index is 12.9. The first-order valence-electron chi connectivity index (χ1n) is 33.6. The van der Waals surface area contributed by atoms with Crippen molar-refractivity contribution in [1.82, 2.24) is 0 Å². The lowest BCUT2D eigenvalue weighted by atomic mass is 10.1. The monoisotopic (exact) mass is 1140 g/mol. The molecule has 0 heterocycles. The van der Waals surface area contributed by atoms with Crippen LogP contribution in [0.1, 0.15) is 278 Å². The second-order valence-electron chi connectivity index (χ2n) is 21.6. The van der Waals surface area contributed by atoms with E-state index < -0.39 is 6.10 Å². The highest BCUT2D eigenvalue weighted by Crippen LogP contribution is 2.15. The van der Waals surface area contributed by atoms with Gasteiger partial charge in [-0.3, -0.25) is 14.4 Å². The first-order chi connectivity index (χ1) is 41.0. The summed E-state index contributed by atoms with van der Waals surface area (Å²) in [6, 6.07) is 0. The van der Waals surface area contributed by atoms with E-state index in [4.69, 9.17) is 14.2 Å². The molecule has 6 heteroatoms. The lowest BCUT2D eigenvalue weighted by Gasteiger charge is -2.18. The predicted molar refractivity (Wildman–Crippen MR) is 361 cm³/mol. The van der Waals surface area contributed by atoms with Crippen LogP contribution in [-0.2, 0) is 28.6 Å². The molecular formula is C77H122O6. The summed E-state index contributed by atoms with van der Waals surface area (Å²) < 4.78 is 16.9. The van der Waals surface area contributed by atoms with Crippen LogP contribution >= 0.6 is 0 Å². The highest BCUT2D eigenvalue weighted by atomic mass is 16.6. The Hall–Kier alpha value is -5.23. The van der Waals surface area contributed by atoms with E-state index in [1.165, 1.54) is 89.9 Å². The molecule has 0 fully saturated rings. The van der Waals surface area contributed by atoms with Crippen molar-refractivity contribution in [3.63, 3.8) is 0 Å². The van der Waals surface area contributed by atoms with Crippen LogP contribution in [0.5, 0.6) is 0 Å². The Balaban J connectivity index is 4.54. The molecule has 0 aromatic rings. The number of hydrogen-bond donors (Lipinski definition) is 0. The molecule has 0 saturated heterocycles. The number of unbranched alkanes of at least 4 members (excludes halogenated alkanes) is 20. The Bertz CT molecular complexity index is 1890. The lowest BCUT2D eigenvalue weighted by Crippen LogP contribution is -2.30. The van der Waals surface area contributed by atoms with E-state index in [0.717, 1.165) is 141 Å². The van der Waals surface area contributed by atoms with Crippen molar-refractivity contribution in [2.45, 2.75) is 284 Å².